The summed E-state index contributed by atoms with van der Waals surface area (Å²) >= 11 is 17.5. The van der Waals surface area contributed by atoms with E-state index in [1.54, 1.807) is 29.7 Å². The van der Waals surface area contributed by atoms with Gasteiger partial charge in [0.2, 0.25) is 0 Å². The van der Waals surface area contributed by atoms with Crippen molar-refractivity contribution in [1.82, 2.24) is 0 Å². The molecule has 1 heterocycles. The smallest absolute Gasteiger partial charge is 0.259 e. The van der Waals surface area contributed by atoms with Crippen LogP contribution in [0, 0.1) is 0 Å². The van der Waals surface area contributed by atoms with Crippen molar-refractivity contribution in [1.29, 1.82) is 0 Å². The largest absolute Gasteiger partial charge is 0.488 e. The minimum absolute atomic E-state index is 0.124. The summed E-state index contributed by atoms with van der Waals surface area (Å²) in [5.74, 6) is 0.537. The zero-order valence-corrected chi connectivity index (χ0v) is 23.7. The summed E-state index contributed by atoms with van der Waals surface area (Å²) in [6.45, 7) is 0.288. The molecule has 37 heavy (non-hydrogen) atoms. The van der Waals surface area contributed by atoms with Gasteiger partial charge in [0.1, 0.15) is 17.4 Å². The number of hydrogen-bond acceptors (Lipinski definition) is 4. The first-order valence-electron chi connectivity index (χ1n) is 11.9. The molecule has 1 aliphatic carbocycles. The normalized spacial score (nSPS) is 12.9. The lowest BCUT2D eigenvalue weighted by Gasteiger charge is -2.13. The van der Waals surface area contributed by atoms with Gasteiger partial charge in [-0.05, 0) is 73.7 Å². The molecule has 0 atom stereocenters. The van der Waals surface area contributed by atoms with Crippen molar-refractivity contribution in [2.24, 2.45) is 4.99 Å². The number of ether oxygens (including phenoxy) is 1. The van der Waals surface area contributed by atoms with Gasteiger partial charge in [-0.2, -0.15) is 0 Å². The van der Waals surface area contributed by atoms with Gasteiger partial charge in [-0.15, -0.1) is 11.3 Å². The summed E-state index contributed by atoms with van der Waals surface area (Å²) in [6, 6.07) is 20.6. The Morgan fingerprint density at radius 3 is 2.68 bits per heavy atom. The Kier molecular flexibility index (Phi) is 8.30. The Morgan fingerprint density at radius 2 is 1.86 bits per heavy atom. The first-order valence-corrected chi connectivity index (χ1v) is 14.3. The fourth-order valence-electron chi connectivity index (χ4n) is 4.27. The van der Waals surface area contributed by atoms with E-state index in [0.717, 1.165) is 52.5 Å². The van der Waals surface area contributed by atoms with E-state index in [4.69, 9.17) is 32.9 Å². The molecule has 1 N–H and O–H groups in total. The SMILES string of the molecule is O=C(Nc1ccccc1)c1c(N=Cc2cc(Br)ccc2OCc2ccc(Cl)cc2Cl)sc2c1CCCC2. The highest BCUT2D eigenvalue weighted by molar-refractivity contribution is 9.10. The van der Waals surface area contributed by atoms with Gasteiger partial charge in [0, 0.05) is 42.4 Å². The number of fused-ring (bicyclic) bond motifs is 1. The Hall–Kier alpha value is -2.64. The maximum absolute atomic E-state index is 13.4. The van der Waals surface area contributed by atoms with Crippen molar-refractivity contribution in [3.63, 3.8) is 0 Å². The van der Waals surface area contributed by atoms with Gasteiger partial charge >= 0.3 is 0 Å². The van der Waals surface area contributed by atoms with Crippen LogP contribution < -0.4 is 10.1 Å². The first-order chi connectivity index (χ1) is 18.0. The van der Waals surface area contributed by atoms with Crippen LogP contribution in [0.25, 0.3) is 0 Å². The molecule has 4 nitrogen and oxygen atoms in total. The summed E-state index contributed by atoms with van der Waals surface area (Å²) < 4.78 is 7.01. The van der Waals surface area contributed by atoms with Gasteiger partial charge in [0.05, 0.1) is 5.56 Å². The molecule has 1 amide bonds. The number of amides is 1. The fourth-order valence-corrected chi connectivity index (χ4v) is 6.34. The zero-order chi connectivity index (χ0) is 25.8. The molecule has 0 fully saturated rings. The monoisotopic (exact) mass is 612 g/mol. The number of halogens is 3. The molecule has 0 aliphatic heterocycles. The van der Waals surface area contributed by atoms with Crippen LogP contribution in [-0.2, 0) is 19.4 Å². The summed E-state index contributed by atoms with van der Waals surface area (Å²) in [6.07, 6.45) is 5.85. The molecule has 5 rings (SSSR count). The van der Waals surface area contributed by atoms with Crippen LogP contribution in [0.3, 0.4) is 0 Å². The highest BCUT2D eigenvalue weighted by Gasteiger charge is 2.25. The number of thiophene rings is 1. The fraction of sp³-hybridized carbons (Fsp3) is 0.172. The lowest BCUT2D eigenvalue weighted by Crippen LogP contribution is -2.14. The number of hydrogen-bond donors (Lipinski definition) is 1. The molecular weight excluding hydrogens is 591 g/mol. The van der Waals surface area contributed by atoms with E-state index in [1.807, 2.05) is 54.6 Å². The third-order valence-electron chi connectivity index (χ3n) is 6.10. The Morgan fingerprint density at radius 1 is 1.05 bits per heavy atom. The van der Waals surface area contributed by atoms with Gasteiger partial charge in [-0.3, -0.25) is 4.79 Å². The number of carbonyl (C=O) groups is 1. The molecule has 0 spiro atoms. The third kappa shape index (κ3) is 6.27. The topological polar surface area (TPSA) is 50.7 Å². The molecule has 188 valence electrons. The molecule has 4 aromatic rings. The number of benzene rings is 3. The molecule has 0 bridgehead atoms. The van der Waals surface area contributed by atoms with Crippen molar-refractivity contribution in [3.8, 4) is 5.75 Å². The van der Waals surface area contributed by atoms with E-state index in [2.05, 4.69) is 21.2 Å². The summed E-state index contributed by atoms with van der Waals surface area (Å²) in [7, 11) is 0. The Bertz CT molecular complexity index is 1470. The van der Waals surface area contributed by atoms with Crippen molar-refractivity contribution in [2.45, 2.75) is 32.3 Å². The van der Waals surface area contributed by atoms with E-state index >= 15 is 0 Å². The highest BCUT2D eigenvalue weighted by atomic mass is 79.9. The predicted octanol–water partition coefficient (Wildman–Crippen LogP) is 9.28. The number of aliphatic imine (C=N–C) groups is 1. The van der Waals surface area contributed by atoms with Crippen LogP contribution in [0.2, 0.25) is 10.0 Å². The average molecular weight is 614 g/mol. The van der Waals surface area contributed by atoms with Crippen LogP contribution in [0.4, 0.5) is 10.7 Å². The standard InChI is InChI=1S/C29H23BrCl2N2O2S/c30-20-11-13-25(36-17-18-10-12-21(31)15-24(18)32)19(14-20)16-33-29-27(23-8-4-5-9-26(23)37-29)28(35)34-22-6-2-1-3-7-22/h1-3,6-7,10-16H,4-5,8-9,17H2,(H,34,35). The number of nitrogens with zero attached hydrogens (tertiary/aromatic N) is 1. The summed E-state index contributed by atoms with van der Waals surface area (Å²) in [4.78, 5) is 19.5. The third-order valence-corrected chi connectivity index (χ3v) is 8.38. The maximum atomic E-state index is 13.4. The molecule has 1 aromatic heterocycles. The zero-order valence-electron chi connectivity index (χ0n) is 19.8. The number of anilines is 1. The van der Waals surface area contributed by atoms with E-state index in [0.29, 0.717) is 26.4 Å². The van der Waals surface area contributed by atoms with E-state index < -0.39 is 0 Å². The molecule has 0 saturated heterocycles. The average Bonchev–Trinajstić information content (AvgIpc) is 3.27. The molecular formula is C29H23BrCl2N2O2S. The molecule has 0 radical (unpaired) electrons. The van der Waals surface area contributed by atoms with Crippen LogP contribution in [0.15, 0.2) is 76.2 Å². The lowest BCUT2D eigenvalue weighted by molar-refractivity contribution is 0.102. The second-order valence-corrected chi connectivity index (χ2v) is 11.5. The molecule has 0 unspecified atom stereocenters. The van der Waals surface area contributed by atoms with Crippen LogP contribution >= 0.6 is 50.5 Å². The van der Waals surface area contributed by atoms with E-state index in [9.17, 15) is 4.79 Å². The summed E-state index contributed by atoms with van der Waals surface area (Å²) in [5.41, 5.74) is 4.19. The molecule has 3 aromatic carbocycles. The highest BCUT2D eigenvalue weighted by Crippen LogP contribution is 2.40. The van der Waals surface area contributed by atoms with Crippen molar-refractivity contribution >= 4 is 73.3 Å². The first kappa shape index (κ1) is 26.0. The lowest BCUT2D eigenvalue weighted by atomic mass is 9.95. The van der Waals surface area contributed by atoms with Gasteiger partial charge in [0.15, 0.2) is 0 Å². The van der Waals surface area contributed by atoms with Crippen LogP contribution in [-0.4, -0.2) is 12.1 Å². The van der Waals surface area contributed by atoms with Crippen LogP contribution in [0.1, 0.15) is 44.8 Å². The number of rotatable bonds is 7. The maximum Gasteiger partial charge on any atom is 0.259 e. The quantitative estimate of drug-likeness (QED) is 0.211. The second-order valence-electron chi connectivity index (χ2n) is 8.68. The van der Waals surface area contributed by atoms with Gasteiger partial charge in [-0.1, -0.05) is 63.4 Å². The number of aryl methyl sites for hydroxylation is 1. The Balaban J connectivity index is 1.44. The van der Waals surface area contributed by atoms with Crippen molar-refractivity contribution in [3.05, 3.63) is 108 Å². The minimum atomic E-state index is -0.124. The number of para-hydroxylation sites is 1. The molecule has 0 saturated carbocycles. The van der Waals surface area contributed by atoms with E-state index in [1.165, 1.54) is 4.88 Å². The number of nitrogens with one attached hydrogen (secondary N) is 1. The predicted molar refractivity (Wildman–Crippen MR) is 158 cm³/mol. The van der Waals surface area contributed by atoms with Gasteiger partial charge < -0.3 is 10.1 Å². The van der Waals surface area contributed by atoms with Gasteiger partial charge in [0.25, 0.3) is 5.91 Å². The second kappa shape index (κ2) is 11.8. The van der Waals surface area contributed by atoms with Crippen LogP contribution in [0.5, 0.6) is 5.75 Å². The summed E-state index contributed by atoms with van der Waals surface area (Å²) in [5, 5.41) is 4.89. The van der Waals surface area contributed by atoms with Crippen molar-refractivity contribution < 1.29 is 9.53 Å². The van der Waals surface area contributed by atoms with E-state index in [-0.39, 0.29) is 12.5 Å². The molecule has 1 aliphatic rings. The molecule has 8 heteroatoms. The minimum Gasteiger partial charge on any atom is -0.488 e. The van der Waals surface area contributed by atoms with Gasteiger partial charge in [-0.25, -0.2) is 4.99 Å². The van der Waals surface area contributed by atoms with Crippen molar-refractivity contribution in [2.75, 3.05) is 5.32 Å². The number of carbonyl (C=O) groups excluding carboxylic acids is 1. The Labute approximate surface area is 238 Å².